The van der Waals surface area contributed by atoms with Gasteiger partial charge in [0, 0.05) is 19.3 Å². The third-order valence-corrected chi connectivity index (χ3v) is 9.72. The highest BCUT2D eigenvalue weighted by Crippen LogP contribution is 2.13. The Kier molecular flexibility index (Phi) is 39.3. The number of carbonyl (C=O) groups excluding carboxylic acids is 3. The molecule has 0 aliphatic carbocycles. The van der Waals surface area contributed by atoms with Crippen molar-refractivity contribution < 1.29 is 38.2 Å². The number of esters is 2. The Balaban J connectivity index is 4.39. The van der Waals surface area contributed by atoms with Crippen LogP contribution in [0.15, 0.2) is 97.2 Å². The minimum atomic E-state index is -1.14. The van der Waals surface area contributed by atoms with Gasteiger partial charge in [-0.25, -0.2) is 0 Å². The molecular weight excluding hydrogens is 751 g/mol. The SMILES string of the molecule is CC/C=C\C/C=C\C/C=C\C/C=C\CCCCCCCCCCC(=O)OC(COCCC(C(=O)[O-])[N+](C)(C)C)COC(=O)CCCC/C=C\C/C=C\C/C=C\C/C=C\CC. The largest absolute Gasteiger partial charge is 0.544 e. The van der Waals surface area contributed by atoms with E-state index in [4.69, 9.17) is 14.2 Å². The zero-order valence-corrected chi connectivity index (χ0v) is 38.6. The molecule has 0 aromatic carbocycles. The Labute approximate surface area is 366 Å². The second kappa shape index (κ2) is 42.0. The van der Waals surface area contributed by atoms with Gasteiger partial charge in [-0.2, -0.15) is 0 Å². The van der Waals surface area contributed by atoms with Gasteiger partial charge in [-0.3, -0.25) is 9.59 Å². The molecule has 0 aliphatic rings. The first kappa shape index (κ1) is 56.2. The van der Waals surface area contributed by atoms with Crippen LogP contribution in [0.5, 0.6) is 0 Å². The zero-order chi connectivity index (χ0) is 44.2. The number of carboxylic acids is 1. The van der Waals surface area contributed by atoms with Crippen molar-refractivity contribution in [3.8, 4) is 0 Å². The maximum Gasteiger partial charge on any atom is 0.306 e. The second-order valence-corrected chi connectivity index (χ2v) is 16.2. The standard InChI is InChI=1S/C52H85NO7/c1-6-8-10-12-14-16-18-20-22-23-24-25-26-27-29-31-33-35-37-39-41-43-51(55)60-48(46-58-45-44-49(52(56)57)53(3,4)5)47-59-50(54)42-40-38-36-34-32-30-28-21-19-17-15-13-11-9-7-2/h8-11,14-17,20-22,24-25,28,32,34,48-49H,6-7,12-13,18-19,23,26-27,29-31,33,35-47H2,1-5H3/b10-8-,11-9-,16-14-,17-15-,22-20-,25-24-,28-21-,34-32-. The number of quaternary nitrogens is 1. The molecule has 0 amide bonds. The molecule has 0 bridgehead atoms. The summed E-state index contributed by atoms with van der Waals surface area (Å²) in [4.78, 5) is 36.9. The van der Waals surface area contributed by atoms with Crippen molar-refractivity contribution in [3.05, 3.63) is 97.2 Å². The molecule has 0 aromatic heterocycles. The molecule has 2 unspecified atom stereocenters. The third-order valence-electron chi connectivity index (χ3n) is 9.72. The van der Waals surface area contributed by atoms with Crippen molar-refractivity contribution in [2.75, 3.05) is 41.0 Å². The van der Waals surface area contributed by atoms with Crippen LogP contribution in [0, 0.1) is 0 Å². The lowest BCUT2D eigenvalue weighted by atomic mass is 10.1. The van der Waals surface area contributed by atoms with Crippen LogP contribution in [0.4, 0.5) is 0 Å². The van der Waals surface area contributed by atoms with Crippen molar-refractivity contribution in [2.45, 2.75) is 174 Å². The van der Waals surface area contributed by atoms with Gasteiger partial charge in [0.2, 0.25) is 0 Å². The summed E-state index contributed by atoms with van der Waals surface area (Å²) < 4.78 is 17.1. The Morgan fingerprint density at radius 1 is 0.500 bits per heavy atom. The van der Waals surface area contributed by atoms with Crippen LogP contribution in [-0.4, -0.2) is 75.5 Å². The first-order valence-corrected chi connectivity index (χ1v) is 23.3. The Bertz CT molecular complexity index is 1300. The molecule has 0 aliphatic heterocycles. The van der Waals surface area contributed by atoms with Gasteiger partial charge in [0.05, 0.1) is 40.3 Å². The summed E-state index contributed by atoms with van der Waals surface area (Å²) >= 11 is 0. The number of ether oxygens (including phenoxy) is 3. The van der Waals surface area contributed by atoms with Crippen LogP contribution >= 0.6 is 0 Å². The first-order chi connectivity index (χ1) is 29.1. The number of allylic oxidation sites excluding steroid dienone is 16. The highest BCUT2D eigenvalue weighted by molar-refractivity contribution is 5.70. The van der Waals surface area contributed by atoms with E-state index in [0.717, 1.165) is 96.3 Å². The summed E-state index contributed by atoms with van der Waals surface area (Å²) in [6.45, 7) is 4.36. The lowest BCUT2D eigenvalue weighted by Crippen LogP contribution is -2.55. The van der Waals surface area contributed by atoms with Gasteiger partial charge >= 0.3 is 11.9 Å². The maximum absolute atomic E-state index is 12.8. The topological polar surface area (TPSA) is 102 Å². The predicted molar refractivity (Wildman–Crippen MR) is 249 cm³/mol. The van der Waals surface area contributed by atoms with Crippen LogP contribution in [0.2, 0.25) is 0 Å². The number of rotatable bonds is 40. The number of nitrogens with zero attached hydrogens (tertiary/aromatic N) is 1. The van der Waals surface area contributed by atoms with E-state index in [9.17, 15) is 19.5 Å². The first-order valence-electron chi connectivity index (χ1n) is 23.3. The minimum Gasteiger partial charge on any atom is -0.544 e. The Morgan fingerprint density at radius 3 is 1.33 bits per heavy atom. The molecule has 0 saturated heterocycles. The lowest BCUT2D eigenvalue weighted by molar-refractivity contribution is -0.889. The predicted octanol–water partition coefficient (Wildman–Crippen LogP) is 11.7. The van der Waals surface area contributed by atoms with E-state index in [-0.39, 0.29) is 49.1 Å². The van der Waals surface area contributed by atoms with E-state index >= 15 is 0 Å². The smallest absolute Gasteiger partial charge is 0.306 e. The molecule has 2 atom stereocenters. The molecule has 8 heteroatoms. The average Bonchev–Trinajstić information content (AvgIpc) is 3.21. The van der Waals surface area contributed by atoms with Gasteiger partial charge in [0.15, 0.2) is 6.10 Å². The van der Waals surface area contributed by atoms with Crippen LogP contribution in [0.1, 0.15) is 162 Å². The van der Waals surface area contributed by atoms with E-state index in [0.29, 0.717) is 12.8 Å². The molecular formula is C52H85NO7. The third kappa shape index (κ3) is 39.7. The molecule has 0 aromatic rings. The molecule has 0 radical (unpaired) electrons. The number of carboxylic acid groups (broad SMARTS) is 1. The summed E-state index contributed by atoms with van der Waals surface area (Å²) in [6, 6.07) is -0.739. The fourth-order valence-corrected chi connectivity index (χ4v) is 6.17. The van der Waals surface area contributed by atoms with E-state index in [1.165, 1.54) is 25.7 Å². The second-order valence-electron chi connectivity index (χ2n) is 16.2. The van der Waals surface area contributed by atoms with Crippen LogP contribution in [0.25, 0.3) is 0 Å². The van der Waals surface area contributed by atoms with Crippen LogP contribution < -0.4 is 5.11 Å². The quantitative estimate of drug-likeness (QED) is 0.0262. The molecule has 60 heavy (non-hydrogen) atoms. The molecule has 8 nitrogen and oxygen atoms in total. The van der Waals surface area contributed by atoms with Crippen molar-refractivity contribution in [1.29, 1.82) is 0 Å². The number of hydrogen-bond acceptors (Lipinski definition) is 7. The Morgan fingerprint density at radius 2 is 0.883 bits per heavy atom. The summed E-state index contributed by atoms with van der Waals surface area (Å²) in [5, 5.41) is 11.6. The summed E-state index contributed by atoms with van der Waals surface area (Å²) in [5.74, 6) is -1.81. The number of unbranched alkanes of at least 4 members (excludes halogenated alkanes) is 10. The fourth-order valence-electron chi connectivity index (χ4n) is 6.17. The minimum absolute atomic E-state index is 0.0179. The van der Waals surface area contributed by atoms with Crippen molar-refractivity contribution in [2.24, 2.45) is 0 Å². The van der Waals surface area contributed by atoms with Gasteiger partial charge in [0.1, 0.15) is 12.6 Å². The summed E-state index contributed by atoms with van der Waals surface area (Å²) in [6.07, 6.45) is 55.8. The molecule has 0 rings (SSSR count). The average molecular weight is 836 g/mol. The van der Waals surface area contributed by atoms with Crippen LogP contribution in [-0.2, 0) is 28.6 Å². The van der Waals surface area contributed by atoms with Crippen molar-refractivity contribution >= 4 is 17.9 Å². The monoisotopic (exact) mass is 836 g/mol. The van der Waals surface area contributed by atoms with Gasteiger partial charge in [-0.15, -0.1) is 0 Å². The van der Waals surface area contributed by atoms with Crippen molar-refractivity contribution in [3.63, 3.8) is 0 Å². The fraction of sp³-hybridized carbons (Fsp3) is 0.635. The molecule has 0 saturated carbocycles. The number of carbonyl (C=O) groups is 3. The van der Waals surface area contributed by atoms with E-state index in [1.807, 2.05) is 0 Å². The maximum atomic E-state index is 12.8. The number of likely N-dealkylation sites (N-methyl/N-ethyl adjacent to an activating group) is 1. The molecule has 340 valence electrons. The molecule has 0 spiro atoms. The normalized spacial score (nSPS) is 13.8. The highest BCUT2D eigenvalue weighted by atomic mass is 16.6. The molecule has 0 N–H and O–H groups in total. The highest BCUT2D eigenvalue weighted by Gasteiger charge is 2.25. The number of hydrogen-bond donors (Lipinski definition) is 0. The van der Waals surface area contributed by atoms with Gasteiger partial charge in [-0.05, 0) is 89.9 Å². The van der Waals surface area contributed by atoms with Crippen molar-refractivity contribution in [1.82, 2.24) is 0 Å². The number of aliphatic carboxylic acids is 1. The molecule has 0 heterocycles. The summed E-state index contributed by atoms with van der Waals surface area (Å²) in [5.41, 5.74) is 0. The zero-order valence-electron chi connectivity index (χ0n) is 38.6. The van der Waals surface area contributed by atoms with Gasteiger partial charge in [-0.1, -0.05) is 150 Å². The molecule has 0 fully saturated rings. The van der Waals surface area contributed by atoms with Gasteiger partial charge < -0.3 is 28.6 Å². The van der Waals surface area contributed by atoms with E-state index in [2.05, 4.69) is 111 Å². The van der Waals surface area contributed by atoms with E-state index < -0.39 is 18.1 Å². The van der Waals surface area contributed by atoms with Gasteiger partial charge in [0.25, 0.3) is 0 Å². The lowest BCUT2D eigenvalue weighted by Gasteiger charge is -2.34. The Hall–Kier alpha value is -3.75. The summed E-state index contributed by atoms with van der Waals surface area (Å²) in [7, 11) is 5.38. The van der Waals surface area contributed by atoms with Crippen LogP contribution in [0.3, 0.4) is 0 Å². The van der Waals surface area contributed by atoms with E-state index in [1.54, 1.807) is 21.1 Å².